The van der Waals surface area contributed by atoms with Crippen LogP contribution in [0.5, 0.6) is 0 Å². The molecule has 0 saturated heterocycles. The number of aromatic nitrogens is 2. The first-order chi connectivity index (χ1) is 8.02. The zero-order valence-electron chi connectivity index (χ0n) is 8.82. The van der Waals surface area contributed by atoms with Crippen molar-refractivity contribution in [3.05, 3.63) is 41.1 Å². The van der Waals surface area contributed by atoms with Crippen molar-refractivity contribution in [2.75, 3.05) is 0 Å². The number of carboxylic acid groups (broad SMARTS) is 1. The quantitative estimate of drug-likeness (QED) is 0.896. The predicted molar refractivity (Wildman–Crippen MR) is 60.6 cm³/mol. The Labute approximate surface area is 101 Å². The van der Waals surface area contributed by atoms with Crippen LogP contribution in [0.1, 0.15) is 10.5 Å². The highest BCUT2D eigenvalue weighted by Gasteiger charge is 2.21. The third-order valence-corrected chi connectivity index (χ3v) is 2.65. The lowest BCUT2D eigenvalue weighted by atomic mass is 10.1. The summed E-state index contributed by atoms with van der Waals surface area (Å²) in [6, 6.07) is 4.15. The molecule has 4 nitrogen and oxygen atoms in total. The third kappa shape index (κ3) is 1.89. The molecule has 2 rings (SSSR count). The van der Waals surface area contributed by atoms with Crippen LogP contribution in [-0.4, -0.2) is 20.6 Å². The SMILES string of the molecule is Cn1cnc(-c2c(F)cccc2Cl)c1C(=O)O. The normalized spacial score (nSPS) is 10.5. The molecule has 0 saturated carbocycles. The van der Waals surface area contributed by atoms with Crippen LogP contribution in [0, 0.1) is 5.82 Å². The second-order valence-electron chi connectivity index (χ2n) is 3.45. The van der Waals surface area contributed by atoms with Crippen molar-refractivity contribution in [3.63, 3.8) is 0 Å². The number of carbonyl (C=O) groups is 1. The van der Waals surface area contributed by atoms with Crippen molar-refractivity contribution >= 4 is 17.6 Å². The van der Waals surface area contributed by atoms with Crippen LogP contribution in [-0.2, 0) is 7.05 Å². The lowest BCUT2D eigenvalue weighted by Crippen LogP contribution is -2.06. The number of nitrogens with zero attached hydrogens (tertiary/aromatic N) is 2. The largest absolute Gasteiger partial charge is 0.477 e. The van der Waals surface area contributed by atoms with E-state index in [9.17, 15) is 9.18 Å². The van der Waals surface area contributed by atoms with E-state index in [2.05, 4.69) is 4.98 Å². The number of hydrogen-bond donors (Lipinski definition) is 1. The van der Waals surface area contributed by atoms with Gasteiger partial charge in [0.2, 0.25) is 0 Å². The van der Waals surface area contributed by atoms with Gasteiger partial charge < -0.3 is 9.67 Å². The standard InChI is InChI=1S/C11H8ClFN2O2/c1-15-5-14-9(10(15)11(16)17)8-6(12)3-2-4-7(8)13/h2-5H,1H3,(H,16,17). The van der Waals surface area contributed by atoms with E-state index in [1.54, 1.807) is 0 Å². The maximum Gasteiger partial charge on any atom is 0.354 e. The fraction of sp³-hybridized carbons (Fsp3) is 0.0909. The lowest BCUT2D eigenvalue weighted by molar-refractivity contribution is 0.0687. The van der Waals surface area contributed by atoms with Crippen LogP contribution < -0.4 is 0 Å². The van der Waals surface area contributed by atoms with E-state index < -0.39 is 11.8 Å². The minimum atomic E-state index is -1.18. The molecular formula is C11H8ClFN2O2. The minimum Gasteiger partial charge on any atom is -0.477 e. The van der Waals surface area contributed by atoms with Crippen LogP contribution in [0.3, 0.4) is 0 Å². The second-order valence-corrected chi connectivity index (χ2v) is 3.86. The molecular weight excluding hydrogens is 247 g/mol. The summed E-state index contributed by atoms with van der Waals surface area (Å²) in [6.45, 7) is 0. The number of imidazole rings is 1. The fourth-order valence-corrected chi connectivity index (χ4v) is 1.84. The van der Waals surface area contributed by atoms with E-state index in [1.807, 2.05) is 0 Å². The predicted octanol–water partition coefficient (Wildman–Crippen LogP) is 2.58. The third-order valence-electron chi connectivity index (χ3n) is 2.34. The molecule has 1 aromatic carbocycles. The van der Waals surface area contributed by atoms with Gasteiger partial charge in [-0.1, -0.05) is 17.7 Å². The Morgan fingerprint density at radius 3 is 2.82 bits per heavy atom. The van der Waals surface area contributed by atoms with Gasteiger partial charge in [-0.15, -0.1) is 0 Å². The van der Waals surface area contributed by atoms with E-state index >= 15 is 0 Å². The maximum atomic E-state index is 13.7. The van der Waals surface area contributed by atoms with Crippen molar-refractivity contribution in [1.82, 2.24) is 9.55 Å². The van der Waals surface area contributed by atoms with Gasteiger partial charge >= 0.3 is 5.97 Å². The van der Waals surface area contributed by atoms with Crippen LogP contribution >= 0.6 is 11.6 Å². The molecule has 0 bridgehead atoms. The van der Waals surface area contributed by atoms with Crippen LogP contribution in [0.25, 0.3) is 11.3 Å². The zero-order valence-corrected chi connectivity index (χ0v) is 9.57. The Bertz CT molecular complexity index is 575. The zero-order chi connectivity index (χ0) is 12.6. The summed E-state index contributed by atoms with van der Waals surface area (Å²) in [5.41, 5.74) is -0.0627. The summed E-state index contributed by atoms with van der Waals surface area (Å²) < 4.78 is 15.0. The van der Waals surface area contributed by atoms with Crippen molar-refractivity contribution < 1.29 is 14.3 Å². The van der Waals surface area contributed by atoms with Gasteiger partial charge in [0, 0.05) is 7.05 Å². The van der Waals surface area contributed by atoms with Gasteiger partial charge in [-0.05, 0) is 12.1 Å². The van der Waals surface area contributed by atoms with Gasteiger partial charge in [-0.25, -0.2) is 14.2 Å². The molecule has 0 aliphatic carbocycles. The van der Waals surface area contributed by atoms with Gasteiger partial charge in [-0.3, -0.25) is 0 Å². The summed E-state index contributed by atoms with van der Waals surface area (Å²) in [7, 11) is 1.52. The molecule has 0 atom stereocenters. The Balaban J connectivity index is 2.73. The maximum absolute atomic E-state index is 13.7. The molecule has 0 aliphatic rings. The molecule has 0 spiro atoms. The van der Waals surface area contributed by atoms with E-state index in [0.717, 1.165) is 0 Å². The summed E-state index contributed by atoms with van der Waals surface area (Å²) in [4.78, 5) is 15.0. The van der Waals surface area contributed by atoms with E-state index in [1.165, 1.54) is 36.1 Å². The fourth-order valence-electron chi connectivity index (χ4n) is 1.59. The smallest absolute Gasteiger partial charge is 0.354 e. The van der Waals surface area contributed by atoms with Gasteiger partial charge in [0.1, 0.15) is 11.5 Å². The Morgan fingerprint density at radius 2 is 2.24 bits per heavy atom. The lowest BCUT2D eigenvalue weighted by Gasteiger charge is -2.04. The Kier molecular flexibility index (Phi) is 2.85. The molecule has 0 aliphatic heterocycles. The van der Waals surface area contributed by atoms with Crippen molar-refractivity contribution in [2.24, 2.45) is 7.05 Å². The highest BCUT2D eigenvalue weighted by molar-refractivity contribution is 6.33. The summed E-state index contributed by atoms with van der Waals surface area (Å²) in [5, 5.41) is 9.18. The number of carboxylic acids is 1. The van der Waals surface area contributed by atoms with Crippen LogP contribution in [0.2, 0.25) is 5.02 Å². The van der Waals surface area contributed by atoms with Crippen LogP contribution in [0.15, 0.2) is 24.5 Å². The molecule has 0 unspecified atom stereocenters. The van der Waals surface area contributed by atoms with Gasteiger partial charge in [0.05, 0.1) is 16.9 Å². The minimum absolute atomic E-state index is 0.00664. The van der Waals surface area contributed by atoms with Crippen molar-refractivity contribution in [3.8, 4) is 11.3 Å². The van der Waals surface area contributed by atoms with E-state index in [4.69, 9.17) is 16.7 Å². The highest BCUT2D eigenvalue weighted by atomic mass is 35.5. The first kappa shape index (κ1) is 11.6. The molecule has 0 radical (unpaired) electrons. The summed E-state index contributed by atoms with van der Waals surface area (Å²) >= 11 is 5.87. The molecule has 88 valence electrons. The topological polar surface area (TPSA) is 55.1 Å². The number of rotatable bonds is 2. The second kappa shape index (κ2) is 4.18. The molecule has 0 fully saturated rings. The molecule has 0 amide bonds. The van der Waals surface area contributed by atoms with Gasteiger partial charge in [0.15, 0.2) is 5.69 Å². The van der Waals surface area contributed by atoms with Crippen molar-refractivity contribution in [2.45, 2.75) is 0 Å². The number of halogens is 2. The van der Waals surface area contributed by atoms with E-state index in [0.29, 0.717) is 0 Å². The number of aromatic carboxylic acids is 1. The van der Waals surface area contributed by atoms with Crippen LogP contribution in [0.4, 0.5) is 4.39 Å². The molecule has 1 aromatic heterocycles. The number of benzene rings is 1. The highest BCUT2D eigenvalue weighted by Crippen LogP contribution is 2.31. The first-order valence-electron chi connectivity index (χ1n) is 4.71. The van der Waals surface area contributed by atoms with E-state index in [-0.39, 0.29) is 22.0 Å². The first-order valence-corrected chi connectivity index (χ1v) is 5.09. The number of hydrogen-bond acceptors (Lipinski definition) is 2. The number of aryl methyl sites for hydroxylation is 1. The molecule has 1 heterocycles. The average Bonchev–Trinajstić information content (AvgIpc) is 2.60. The molecule has 6 heteroatoms. The monoisotopic (exact) mass is 254 g/mol. The molecule has 1 N–H and O–H groups in total. The summed E-state index contributed by atoms with van der Waals surface area (Å²) in [5.74, 6) is -1.78. The Morgan fingerprint density at radius 1 is 1.53 bits per heavy atom. The molecule has 17 heavy (non-hydrogen) atoms. The molecule has 2 aromatic rings. The van der Waals surface area contributed by atoms with Gasteiger partial charge in [-0.2, -0.15) is 0 Å². The Hall–Kier alpha value is -1.88. The average molecular weight is 255 g/mol. The van der Waals surface area contributed by atoms with Crippen molar-refractivity contribution in [1.29, 1.82) is 0 Å². The summed E-state index contributed by atoms with van der Waals surface area (Å²) in [6.07, 6.45) is 1.31. The van der Waals surface area contributed by atoms with Gasteiger partial charge in [0.25, 0.3) is 0 Å².